The molecule has 2 aromatic carbocycles. The molecule has 2 aliphatic rings. The average Bonchev–Trinajstić information content (AvgIpc) is 2.78. The van der Waals surface area contributed by atoms with Crippen molar-refractivity contribution in [2.24, 2.45) is 0 Å². The third-order valence-corrected chi connectivity index (χ3v) is 6.04. The molecule has 3 atom stereocenters. The van der Waals surface area contributed by atoms with Crippen LogP contribution in [0.25, 0.3) is 0 Å². The summed E-state index contributed by atoms with van der Waals surface area (Å²) in [6.07, 6.45) is 1.87. The molecule has 0 spiro atoms. The van der Waals surface area contributed by atoms with Gasteiger partial charge < -0.3 is 20.2 Å². The van der Waals surface area contributed by atoms with Crippen molar-refractivity contribution in [1.82, 2.24) is 9.80 Å². The molecular weight excluding hydrogens is 409 g/mol. The Kier molecular flexibility index (Phi) is 6.42. The number of carbonyl (C=O) groups excluding carboxylic acids is 2. The molecule has 2 aliphatic heterocycles. The predicted octanol–water partition coefficient (Wildman–Crippen LogP) is 3.18. The number of carbonyl (C=O) groups is 2. The van der Waals surface area contributed by atoms with Crippen molar-refractivity contribution < 1.29 is 19.1 Å². The molecule has 0 bridgehead atoms. The highest BCUT2D eigenvalue weighted by Gasteiger charge is 2.54. The fourth-order valence-corrected chi connectivity index (χ4v) is 4.47. The van der Waals surface area contributed by atoms with E-state index in [9.17, 15) is 19.1 Å². The van der Waals surface area contributed by atoms with Crippen LogP contribution < -0.4 is 5.32 Å². The van der Waals surface area contributed by atoms with Gasteiger partial charge in [-0.1, -0.05) is 30.9 Å². The van der Waals surface area contributed by atoms with Crippen LogP contribution in [0.5, 0.6) is 0 Å². The van der Waals surface area contributed by atoms with Crippen molar-refractivity contribution in [1.29, 1.82) is 0 Å². The minimum absolute atomic E-state index is 0.0568. The fourth-order valence-electron chi connectivity index (χ4n) is 4.47. The number of rotatable bonds is 4. The van der Waals surface area contributed by atoms with E-state index in [1.807, 2.05) is 24.3 Å². The van der Waals surface area contributed by atoms with Crippen LogP contribution in [0, 0.1) is 17.7 Å². The Morgan fingerprint density at radius 1 is 1.19 bits per heavy atom. The molecule has 6 nitrogen and oxygen atoms in total. The van der Waals surface area contributed by atoms with Crippen LogP contribution >= 0.6 is 0 Å². The van der Waals surface area contributed by atoms with Gasteiger partial charge in [-0.2, -0.15) is 0 Å². The second kappa shape index (κ2) is 9.41. The Morgan fingerprint density at radius 3 is 2.56 bits per heavy atom. The monoisotopic (exact) mass is 435 g/mol. The Balaban J connectivity index is 1.48. The molecule has 2 saturated heterocycles. The van der Waals surface area contributed by atoms with Crippen LogP contribution in [-0.4, -0.2) is 58.6 Å². The van der Waals surface area contributed by atoms with Gasteiger partial charge in [0.05, 0.1) is 18.7 Å². The van der Waals surface area contributed by atoms with Gasteiger partial charge in [-0.05, 0) is 48.4 Å². The van der Waals surface area contributed by atoms with E-state index in [-0.39, 0.29) is 42.9 Å². The van der Waals surface area contributed by atoms with Crippen molar-refractivity contribution in [2.45, 2.75) is 37.8 Å². The lowest BCUT2D eigenvalue weighted by Crippen LogP contribution is -2.73. The highest BCUT2D eigenvalue weighted by Crippen LogP contribution is 2.43. The molecule has 7 heteroatoms. The Hall–Kier alpha value is -3.37. The largest absolute Gasteiger partial charge is 0.394 e. The molecule has 0 aliphatic carbocycles. The number of aliphatic hydroxyl groups excluding tert-OH is 1. The van der Waals surface area contributed by atoms with Crippen molar-refractivity contribution in [3.8, 4) is 11.8 Å². The van der Waals surface area contributed by atoms with Gasteiger partial charge in [-0.3, -0.25) is 4.79 Å². The number of hydrogen-bond acceptors (Lipinski definition) is 3. The highest BCUT2D eigenvalue weighted by atomic mass is 19.1. The first-order valence-corrected chi connectivity index (χ1v) is 10.8. The Labute approximate surface area is 187 Å². The maximum atomic E-state index is 13.1. The van der Waals surface area contributed by atoms with E-state index < -0.39 is 6.03 Å². The zero-order chi connectivity index (χ0) is 22.7. The molecule has 0 radical (unpaired) electrons. The van der Waals surface area contributed by atoms with Crippen molar-refractivity contribution >= 4 is 17.6 Å². The number of anilines is 1. The number of unbranched alkanes of at least 4 members (excludes halogenated alkanes) is 1. The number of aliphatic hydroxyl groups is 1. The van der Waals surface area contributed by atoms with Gasteiger partial charge in [0.25, 0.3) is 0 Å². The second-order valence-corrected chi connectivity index (χ2v) is 8.14. The van der Waals surface area contributed by atoms with Crippen LogP contribution in [0.3, 0.4) is 0 Å². The van der Waals surface area contributed by atoms with Crippen LogP contribution in [0.15, 0.2) is 48.5 Å². The highest BCUT2D eigenvalue weighted by molar-refractivity contribution is 5.93. The van der Waals surface area contributed by atoms with E-state index in [0.717, 1.165) is 24.0 Å². The zero-order valence-electron chi connectivity index (χ0n) is 17.9. The van der Waals surface area contributed by atoms with Gasteiger partial charge >= 0.3 is 6.03 Å². The normalized spacial score (nSPS) is 21.8. The minimum atomic E-state index is -0.405. The van der Waals surface area contributed by atoms with Crippen LogP contribution in [0.2, 0.25) is 0 Å². The smallest absolute Gasteiger partial charge is 0.322 e. The second-order valence-electron chi connectivity index (χ2n) is 8.14. The molecule has 2 heterocycles. The fraction of sp³-hybridized carbons (Fsp3) is 0.360. The summed E-state index contributed by atoms with van der Waals surface area (Å²) in [5.74, 6) is 5.62. The van der Waals surface area contributed by atoms with E-state index >= 15 is 0 Å². The van der Waals surface area contributed by atoms with Gasteiger partial charge in [-0.25, -0.2) is 9.18 Å². The maximum Gasteiger partial charge on any atom is 0.322 e. The molecule has 2 aromatic rings. The average molecular weight is 435 g/mol. The summed E-state index contributed by atoms with van der Waals surface area (Å²) in [5, 5.41) is 12.6. The van der Waals surface area contributed by atoms with Gasteiger partial charge in [0.2, 0.25) is 5.91 Å². The molecule has 2 N–H and O–H groups in total. The summed E-state index contributed by atoms with van der Waals surface area (Å²) in [6.45, 7) is 2.26. The number of halogens is 1. The van der Waals surface area contributed by atoms with Gasteiger partial charge in [-0.15, -0.1) is 0 Å². The summed E-state index contributed by atoms with van der Waals surface area (Å²) in [7, 11) is 0. The van der Waals surface area contributed by atoms with Crippen molar-refractivity contribution in [3.63, 3.8) is 0 Å². The van der Waals surface area contributed by atoms with Crippen LogP contribution in [0.4, 0.5) is 14.9 Å². The number of urea groups is 1. The van der Waals surface area contributed by atoms with Crippen LogP contribution in [0.1, 0.15) is 36.8 Å². The number of piperazine rings is 1. The molecule has 0 aromatic heterocycles. The molecule has 166 valence electrons. The summed E-state index contributed by atoms with van der Waals surface area (Å²) >= 11 is 0. The molecule has 0 unspecified atom stereocenters. The van der Waals surface area contributed by atoms with E-state index in [4.69, 9.17) is 0 Å². The molecule has 32 heavy (non-hydrogen) atoms. The van der Waals surface area contributed by atoms with Gasteiger partial charge in [0.15, 0.2) is 0 Å². The quantitative estimate of drug-likeness (QED) is 0.725. The Morgan fingerprint density at radius 2 is 1.91 bits per heavy atom. The lowest BCUT2D eigenvalue weighted by Gasteiger charge is -2.58. The van der Waals surface area contributed by atoms with E-state index in [0.29, 0.717) is 12.2 Å². The number of hydrogen-bond donors (Lipinski definition) is 2. The standard InChI is InChI=1S/C25H26FN3O3/c1-2-3-4-5-17-6-8-18(9-7-17)24-21-14-28(15-23(31)29(21)22(24)16-30)25(32)27-20-12-10-19(26)11-13-20/h6-13,21-22,24,30H,2-3,14-16H2,1H3,(H,27,32)/t21-,22+,24+/m0/s1. The first kappa shape index (κ1) is 21.8. The number of nitrogens with one attached hydrogen (secondary N) is 1. The lowest BCUT2D eigenvalue weighted by molar-refractivity contribution is -0.159. The molecule has 0 saturated carbocycles. The molecular formula is C25H26FN3O3. The lowest BCUT2D eigenvalue weighted by atomic mass is 9.73. The first-order chi connectivity index (χ1) is 15.5. The Bertz CT molecular complexity index is 1040. The third kappa shape index (κ3) is 4.32. The first-order valence-electron chi connectivity index (χ1n) is 10.8. The summed E-state index contributed by atoms with van der Waals surface area (Å²) in [5.41, 5.74) is 2.41. The molecule has 2 fully saturated rings. The number of amides is 3. The summed E-state index contributed by atoms with van der Waals surface area (Å²) < 4.78 is 13.1. The SMILES string of the molecule is CCCC#Cc1ccc([C@H]2[C@@H](CO)N3C(=O)CN(C(=O)Nc4ccc(F)cc4)C[C@@H]23)cc1. The zero-order valence-corrected chi connectivity index (χ0v) is 17.9. The van der Waals surface area contributed by atoms with Gasteiger partial charge in [0, 0.05) is 30.1 Å². The molecule has 3 amide bonds. The predicted molar refractivity (Wildman–Crippen MR) is 119 cm³/mol. The maximum absolute atomic E-state index is 13.1. The summed E-state index contributed by atoms with van der Waals surface area (Å²) in [4.78, 5) is 28.6. The van der Waals surface area contributed by atoms with E-state index in [1.54, 1.807) is 4.90 Å². The van der Waals surface area contributed by atoms with E-state index in [2.05, 4.69) is 24.1 Å². The molecule has 4 rings (SSSR count). The van der Waals surface area contributed by atoms with E-state index in [1.165, 1.54) is 29.2 Å². The van der Waals surface area contributed by atoms with Crippen molar-refractivity contribution in [2.75, 3.05) is 25.0 Å². The van der Waals surface area contributed by atoms with Crippen molar-refractivity contribution in [3.05, 3.63) is 65.5 Å². The minimum Gasteiger partial charge on any atom is -0.394 e. The number of fused-ring (bicyclic) bond motifs is 1. The number of nitrogens with zero attached hydrogens (tertiary/aromatic N) is 2. The van der Waals surface area contributed by atoms with Gasteiger partial charge in [0.1, 0.15) is 12.4 Å². The third-order valence-electron chi connectivity index (χ3n) is 6.04. The topological polar surface area (TPSA) is 72.9 Å². The van der Waals surface area contributed by atoms with Crippen LogP contribution in [-0.2, 0) is 4.79 Å². The summed E-state index contributed by atoms with van der Waals surface area (Å²) in [6, 6.07) is 12.5. The number of benzene rings is 2.